The quantitative estimate of drug-likeness (QED) is 0.727. The van der Waals surface area contributed by atoms with Crippen LogP contribution < -0.4 is 0 Å². The van der Waals surface area contributed by atoms with Crippen molar-refractivity contribution < 1.29 is 23.1 Å². The second-order valence-electron chi connectivity index (χ2n) is 6.12. The van der Waals surface area contributed by atoms with Gasteiger partial charge >= 0.3 is 5.97 Å². The molecule has 1 aliphatic rings. The molecule has 1 fully saturated rings. The molecule has 1 aromatic heterocycles. The third-order valence-electron chi connectivity index (χ3n) is 3.95. The number of aryl methyl sites for hydroxylation is 2. The molecular weight excluding hydrogens is 388 g/mol. The minimum atomic E-state index is -3.58. The molecule has 7 nitrogen and oxygen atoms in total. The van der Waals surface area contributed by atoms with Crippen LogP contribution >= 0.6 is 23.7 Å². The van der Waals surface area contributed by atoms with E-state index in [4.69, 9.17) is 9.84 Å². The maximum Gasteiger partial charge on any atom is 0.318 e. The number of morpholine rings is 1. The highest BCUT2D eigenvalue weighted by molar-refractivity contribution is 7.88. The average Bonchev–Trinajstić information content (AvgIpc) is 2.75. The van der Waals surface area contributed by atoms with Crippen LogP contribution in [0.5, 0.6) is 0 Å². The lowest BCUT2D eigenvalue weighted by Gasteiger charge is -2.34. The van der Waals surface area contributed by atoms with E-state index in [9.17, 15) is 13.2 Å². The van der Waals surface area contributed by atoms with Crippen LogP contribution in [0.2, 0.25) is 0 Å². The van der Waals surface area contributed by atoms with Gasteiger partial charge in [0.25, 0.3) is 0 Å². The predicted molar refractivity (Wildman–Crippen MR) is 100 cm³/mol. The van der Waals surface area contributed by atoms with Gasteiger partial charge in [0.1, 0.15) is 6.54 Å². The maximum absolute atomic E-state index is 11.8. The lowest BCUT2D eigenvalue weighted by molar-refractivity contribution is -0.137. The van der Waals surface area contributed by atoms with Gasteiger partial charge in [0.15, 0.2) is 0 Å². The molecule has 0 aliphatic carbocycles. The van der Waals surface area contributed by atoms with Crippen molar-refractivity contribution in [1.29, 1.82) is 0 Å². The summed E-state index contributed by atoms with van der Waals surface area (Å²) in [6, 6.07) is 2.18. The number of halogens is 1. The fraction of sp³-hybridized carbons (Fsp3) is 0.667. The highest BCUT2D eigenvalue weighted by Gasteiger charge is 2.28. The summed E-state index contributed by atoms with van der Waals surface area (Å²) in [5.74, 6) is -1.17. The summed E-state index contributed by atoms with van der Waals surface area (Å²) >= 11 is 1.77. The summed E-state index contributed by atoms with van der Waals surface area (Å²) < 4.78 is 30.1. The zero-order valence-corrected chi connectivity index (χ0v) is 17.0. The van der Waals surface area contributed by atoms with Gasteiger partial charge < -0.3 is 9.84 Å². The first-order chi connectivity index (χ1) is 11.1. The molecule has 144 valence electrons. The van der Waals surface area contributed by atoms with E-state index >= 15 is 0 Å². The largest absolute Gasteiger partial charge is 0.480 e. The minimum Gasteiger partial charge on any atom is -0.480 e. The van der Waals surface area contributed by atoms with Crippen LogP contribution in [0.25, 0.3) is 0 Å². The Bertz CT molecular complexity index is 692. The van der Waals surface area contributed by atoms with Gasteiger partial charge in [-0.15, -0.1) is 23.7 Å². The van der Waals surface area contributed by atoms with Gasteiger partial charge in [-0.2, -0.15) is 4.31 Å². The molecule has 2 heterocycles. The molecule has 0 bridgehead atoms. The first kappa shape index (κ1) is 22.3. The van der Waals surface area contributed by atoms with Crippen molar-refractivity contribution in [3.63, 3.8) is 0 Å². The molecule has 0 saturated carbocycles. The molecule has 0 spiro atoms. The lowest BCUT2D eigenvalue weighted by Crippen LogP contribution is -2.49. The number of hydrogen-bond acceptors (Lipinski definition) is 6. The molecule has 1 saturated heterocycles. The number of carbonyl (C=O) groups is 1. The zero-order chi connectivity index (χ0) is 17.9. The van der Waals surface area contributed by atoms with E-state index in [0.717, 1.165) is 23.7 Å². The Hall–Kier alpha value is -0.710. The van der Waals surface area contributed by atoms with E-state index in [2.05, 4.69) is 24.8 Å². The molecule has 1 N–H and O–H groups in total. The van der Waals surface area contributed by atoms with Gasteiger partial charge in [-0.05, 0) is 25.5 Å². The summed E-state index contributed by atoms with van der Waals surface area (Å²) in [5, 5.41) is 8.90. The molecule has 2 rings (SSSR count). The normalized spacial score (nSPS) is 19.0. The van der Waals surface area contributed by atoms with Gasteiger partial charge in [0, 0.05) is 35.9 Å². The van der Waals surface area contributed by atoms with Crippen molar-refractivity contribution in [2.75, 3.05) is 39.0 Å². The fourth-order valence-corrected chi connectivity index (χ4v) is 4.53. The smallest absolute Gasteiger partial charge is 0.318 e. The molecule has 1 aromatic rings. The number of rotatable bonds is 7. The third kappa shape index (κ3) is 6.84. The van der Waals surface area contributed by atoms with Crippen molar-refractivity contribution in [3.05, 3.63) is 21.4 Å². The Kier molecular flexibility index (Phi) is 8.30. The van der Waals surface area contributed by atoms with Crippen LogP contribution in [0.4, 0.5) is 0 Å². The van der Waals surface area contributed by atoms with Crippen LogP contribution in [0.3, 0.4) is 0 Å². The topological polar surface area (TPSA) is 87.2 Å². The Morgan fingerprint density at radius 3 is 2.68 bits per heavy atom. The van der Waals surface area contributed by atoms with Crippen LogP contribution in [-0.4, -0.2) is 73.8 Å². The minimum absolute atomic E-state index is 0. The summed E-state index contributed by atoms with van der Waals surface area (Å²) in [4.78, 5) is 15.7. The van der Waals surface area contributed by atoms with E-state index in [1.807, 2.05) is 0 Å². The van der Waals surface area contributed by atoms with Crippen molar-refractivity contribution in [1.82, 2.24) is 9.21 Å². The van der Waals surface area contributed by atoms with Crippen LogP contribution in [0.15, 0.2) is 6.07 Å². The van der Waals surface area contributed by atoms with E-state index < -0.39 is 22.5 Å². The van der Waals surface area contributed by atoms with E-state index in [-0.39, 0.29) is 25.1 Å². The summed E-state index contributed by atoms with van der Waals surface area (Å²) in [5.41, 5.74) is 1.28. The van der Waals surface area contributed by atoms with E-state index in [1.165, 1.54) is 15.3 Å². The molecule has 10 heteroatoms. The van der Waals surface area contributed by atoms with Gasteiger partial charge in [0.2, 0.25) is 10.0 Å². The highest BCUT2D eigenvalue weighted by atomic mass is 35.5. The molecule has 0 aromatic carbocycles. The second kappa shape index (κ2) is 9.29. The van der Waals surface area contributed by atoms with Crippen molar-refractivity contribution in [3.8, 4) is 0 Å². The number of hydrogen-bond donors (Lipinski definition) is 1. The molecule has 1 atom stereocenters. The van der Waals surface area contributed by atoms with E-state index in [0.29, 0.717) is 13.2 Å². The molecular formula is C15H25ClN2O5S2. The molecule has 0 radical (unpaired) electrons. The van der Waals surface area contributed by atoms with Gasteiger partial charge in [0.05, 0.1) is 19.0 Å². The van der Waals surface area contributed by atoms with Crippen LogP contribution in [0.1, 0.15) is 15.3 Å². The predicted octanol–water partition coefficient (Wildman–Crippen LogP) is 1.33. The number of thiophene rings is 1. The van der Waals surface area contributed by atoms with Crippen molar-refractivity contribution >= 4 is 39.7 Å². The SMILES string of the molecule is Cc1cc(CN2CCOC(CN(CC(=O)O)S(C)(=O)=O)C2)c(C)s1.Cl. The Morgan fingerprint density at radius 2 is 2.16 bits per heavy atom. The molecule has 0 amide bonds. The van der Waals surface area contributed by atoms with E-state index in [1.54, 1.807) is 11.3 Å². The summed E-state index contributed by atoms with van der Waals surface area (Å²) in [6.07, 6.45) is 0.696. The molecule has 1 aliphatic heterocycles. The Labute approximate surface area is 159 Å². The standard InChI is InChI=1S/C15H24N2O5S2.ClH/c1-11-6-13(12(2)23-11)7-16-4-5-22-14(8-16)9-17(10-15(18)19)24(3,20)21;/h6,14H,4-5,7-10H2,1-3H3,(H,18,19);1H. The summed E-state index contributed by atoms with van der Waals surface area (Å²) in [6.45, 7) is 6.38. The average molecular weight is 413 g/mol. The number of carboxylic acid groups (broad SMARTS) is 1. The Balaban J connectivity index is 0.00000312. The van der Waals surface area contributed by atoms with Crippen LogP contribution in [-0.2, 0) is 26.1 Å². The third-order valence-corrected chi connectivity index (χ3v) is 6.17. The Morgan fingerprint density at radius 1 is 1.48 bits per heavy atom. The van der Waals surface area contributed by atoms with Crippen molar-refractivity contribution in [2.45, 2.75) is 26.5 Å². The van der Waals surface area contributed by atoms with Gasteiger partial charge in [-0.3, -0.25) is 9.69 Å². The number of nitrogens with zero attached hydrogens (tertiary/aromatic N) is 2. The maximum atomic E-state index is 11.8. The molecule has 25 heavy (non-hydrogen) atoms. The highest BCUT2D eigenvalue weighted by Crippen LogP contribution is 2.23. The zero-order valence-electron chi connectivity index (χ0n) is 14.6. The lowest BCUT2D eigenvalue weighted by atomic mass is 10.2. The first-order valence-electron chi connectivity index (χ1n) is 7.72. The number of ether oxygens (including phenoxy) is 1. The van der Waals surface area contributed by atoms with Crippen LogP contribution in [0, 0.1) is 13.8 Å². The number of sulfonamides is 1. The van der Waals surface area contributed by atoms with Gasteiger partial charge in [-0.25, -0.2) is 8.42 Å². The fourth-order valence-electron chi connectivity index (χ4n) is 2.81. The van der Waals surface area contributed by atoms with Crippen molar-refractivity contribution in [2.24, 2.45) is 0 Å². The monoisotopic (exact) mass is 412 g/mol. The van der Waals surface area contributed by atoms with Gasteiger partial charge in [-0.1, -0.05) is 0 Å². The number of carboxylic acids is 1. The number of aliphatic carboxylic acids is 1. The summed E-state index contributed by atoms with van der Waals surface area (Å²) in [7, 11) is -3.58. The molecule has 1 unspecified atom stereocenters. The second-order valence-corrected chi connectivity index (χ2v) is 9.56. The first-order valence-corrected chi connectivity index (χ1v) is 10.4.